The van der Waals surface area contributed by atoms with Gasteiger partial charge < -0.3 is 5.32 Å². The van der Waals surface area contributed by atoms with Gasteiger partial charge in [0.1, 0.15) is 4.88 Å². The molecule has 0 spiro atoms. The molecule has 1 amide bonds. The minimum atomic E-state index is -0.153. The lowest BCUT2D eigenvalue weighted by molar-refractivity contribution is 0.0912. The van der Waals surface area contributed by atoms with Crippen molar-refractivity contribution >= 4 is 17.2 Å². The van der Waals surface area contributed by atoms with Crippen LogP contribution in [0.5, 0.6) is 0 Å². The maximum absolute atomic E-state index is 12.3. The van der Waals surface area contributed by atoms with E-state index in [-0.39, 0.29) is 11.4 Å². The van der Waals surface area contributed by atoms with Crippen molar-refractivity contribution in [1.29, 1.82) is 0 Å². The van der Waals surface area contributed by atoms with Gasteiger partial charge in [0.05, 0.1) is 10.7 Å². The van der Waals surface area contributed by atoms with Crippen molar-refractivity contribution in [3.8, 4) is 0 Å². The van der Waals surface area contributed by atoms with E-state index >= 15 is 0 Å². The smallest absolute Gasteiger partial charge is 0.263 e. The first-order chi connectivity index (χ1) is 8.26. The zero-order valence-corrected chi connectivity index (χ0v) is 13.1. The van der Waals surface area contributed by atoms with Crippen LogP contribution in [-0.2, 0) is 0 Å². The number of nitrogens with zero attached hydrogens (tertiary/aromatic N) is 1. The third-order valence-corrected chi connectivity index (χ3v) is 4.30. The minimum Gasteiger partial charge on any atom is -0.346 e. The normalized spacial score (nSPS) is 11.9. The highest BCUT2D eigenvalue weighted by Crippen LogP contribution is 2.25. The lowest BCUT2D eigenvalue weighted by Gasteiger charge is -2.25. The molecule has 0 aliphatic rings. The Bertz CT molecular complexity index is 421. The summed E-state index contributed by atoms with van der Waals surface area (Å²) < 4.78 is 0. The van der Waals surface area contributed by atoms with Crippen LogP contribution < -0.4 is 5.32 Å². The monoisotopic (exact) mass is 268 g/mol. The molecule has 0 atom stereocenters. The molecule has 4 heteroatoms. The summed E-state index contributed by atoms with van der Waals surface area (Å²) in [5.74, 6) is 0.384. The fourth-order valence-electron chi connectivity index (χ4n) is 1.93. The Morgan fingerprint density at radius 1 is 1.44 bits per heavy atom. The number of aromatic nitrogens is 1. The van der Waals surface area contributed by atoms with E-state index in [0.29, 0.717) is 5.92 Å². The van der Waals surface area contributed by atoms with Gasteiger partial charge in [0.2, 0.25) is 0 Å². The predicted molar refractivity (Wildman–Crippen MR) is 77.4 cm³/mol. The molecule has 102 valence electrons. The van der Waals surface area contributed by atoms with E-state index in [1.807, 2.05) is 6.92 Å². The summed E-state index contributed by atoms with van der Waals surface area (Å²) in [6.07, 6.45) is 2.04. The van der Waals surface area contributed by atoms with E-state index in [4.69, 9.17) is 0 Å². The molecule has 3 nitrogen and oxygen atoms in total. The van der Waals surface area contributed by atoms with E-state index in [0.717, 1.165) is 28.4 Å². The standard InChI is InChI=1S/C14H24N2OS/c1-7-8-14(5,6)16-12(17)11-10(4)15-13(18-11)9(2)3/h9H,7-8H2,1-6H3,(H,16,17). The van der Waals surface area contributed by atoms with E-state index in [1.54, 1.807) is 0 Å². The second-order valence-electron chi connectivity index (χ2n) is 5.71. The highest BCUT2D eigenvalue weighted by atomic mass is 32.1. The summed E-state index contributed by atoms with van der Waals surface area (Å²) in [4.78, 5) is 17.5. The number of amides is 1. The van der Waals surface area contributed by atoms with Crippen molar-refractivity contribution in [3.63, 3.8) is 0 Å². The second-order valence-corrected chi connectivity index (χ2v) is 6.74. The Morgan fingerprint density at radius 3 is 2.50 bits per heavy atom. The van der Waals surface area contributed by atoms with E-state index in [1.165, 1.54) is 11.3 Å². The molecule has 0 aromatic carbocycles. The molecular formula is C14H24N2OS. The number of hydrogen-bond donors (Lipinski definition) is 1. The first-order valence-corrected chi connectivity index (χ1v) is 7.38. The Kier molecular flexibility index (Phi) is 4.91. The van der Waals surface area contributed by atoms with Gasteiger partial charge in [0, 0.05) is 11.5 Å². The highest BCUT2D eigenvalue weighted by molar-refractivity contribution is 7.13. The van der Waals surface area contributed by atoms with Crippen LogP contribution in [0.4, 0.5) is 0 Å². The minimum absolute atomic E-state index is 0.00958. The molecule has 0 aliphatic carbocycles. The quantitative estimate of drug-likeness (QED) is 0.880. The summed E-state index contributed by atoms with van der Waals surface area (Å²) in [6.45, 7) is 12.4. The molecular weight excluding hydrogens is 244 g/mol. The van der Waals surface area contributed by atoms with Gasteiger partial charge in [-0.15, -0.1) is 11.3 Å². The summed E-state index contributed by atoms with van der Waals surface area (Å²) in [6, 6.07) is 0. The lowest BCUT2D eigenvalue weighted by atomic mass is 9.99. The average molecular weight is 268 g/mol. The molecule has 1 aromatic rings. The maximum atomic E-state index is 12.3. The van der Waals surface area contributed by atoms with Crippen LogP contribution >= 0.6 is 11.3 Å². The average Bonchev–Trinajstić information content (AvgIpc) is 2.59. The summed E-state index contributed by atoms with van der Waals surface area (Å²) >= 11 is 1.51. The van der Waals surface area contributed by atoms with Gasteiger partial charge in [-0.25, -0.2) is 4.98 Å². The molecule has 0 radical (unpaired) electrons. The van der Waals surface area contributed by atoms with E-state index in [9.17, 15) is 4.79 Å². The van der Waals surface area contributed by atoms with Crippen LogP contribution in [0.3, 0.4) is 0 Å². The Balaban J connectivity index is 2.84. The van der Waals surface area contributed by atoms with Crippen molar-refractivity contribution in [2.24, 2.45) is 0 Å². The van der Waals surface area contributed by atoms with Gasteiger partial charge in [0.25, 0.3) is 5.91 Å². The van der Waals surface area contributed by atoms with Crippen LogP contribution in [0, 0.1) is 6.92 Å². The fraction of sp³-hybridized carbons (Fsp3) is 0.714. The van der Waals surface area contributed by atoms with Crippen LogP contribution in [0.15, 0.2) is 0 Å². The Hall–Kier alpha value is -0.900. The van der Waals surface area contributed by atoms with Crippen molar-refractivity contribution in [3.05, 3.63) is 15.6 Å². The number of nitrogens with one attached hydrogen (secondary N) is 1. The largest absolute Gasteiger partial charge is 0.346 e. The van der Waals surface area contributed by atoms with Gasteiger partial charge in [-0.2, -0.15) is 0 Å². The van der Waals surface area contributed by atoms with E-state index < -0.39 is 0 Å². The fourth-order valence-corrected chi connectivity index (χ4v) is 2.89. The SMILES string of the molecule is CCCC(C)(C)NC(=O)c1sc(C(C)C)nc1C. The second kappa shape index (κ2) is 5.83. The topological polar surface area (TPSA) is 42.0 Å². The summed E-state index contributed by atoms with van der Waals surface area (Å²) in [7, 11) is 0. The zero-order chi connectivity index (χ0) is 13.9. The van der Waals surface area contributed by atoms with Crippen molar-refractivity contribution in [1.82, 2.24) is 10.3 Å². The first-order valence-electron chi connectivity index (χ1n) is 6.56. The van der Waals surface area contributed by atoms with E-state index in [2.05, 4.69) is 44.9 Å². The molecule has 0 saturated heterocycles. The maximum Gasteiger partial charge on any atom is 0.263 e. The Morgan fingerprint density at radius 2 is 2.06 bits per heavy atom. The summed E-state index contributed by atoms with van der Waals surface area (Å²) in [5.41, 5.74) is 0.689. The van der Waals surface area contributed by atoms with Crippen molar-refractivity contribution in [2.45, 2.75) is 65.8 Å². The van der Waals surface area contributed by atoms with Gasteiger partial charge >= 0.3 is 0 Å². The number of hydrogen-bond acceptors (Lipinski definition) is 3. The molecule has 0 unspecified atom stereocenters. The molecule has 0 aliphatic heterocycles. The number of carbonyl (C=O) groups is 1. The summed E-state index contributed by atoms with van der Waals surface area (Å²) in [5, 5.41) is 4.13. The predicted octanol–water partition coefficient (Wildman–Crippen LogP) is 3.88. The van der Waals surface area contributed by atoms with Gasteiger partial charge in [-0.1, -0.05) is 27.2 Å². The van der Waals surface area contributed by atoms with Gasteiger partial charge in [-0.3, -0.25) is 4.79 Å². The van der Waals surface area contributed by atoms with Crippen LogP contribution in [0.25, 0.3) is 0 Å². The molecule has 0 saturated carbocycles. The molecule has 0 fully saturated rings. The Labute approximate surface area is 114 Å². The van der Waals surface area contributed by atoms with Crippen LogP contribution in [0.1, 0.15) is 73.8 Å². The van der Waals surface area contributed by atoms with Crippen LogP contribution in [-0.4, -0.2) is 16.4 Å². The molecule has 1 aromatic heterocycles. The van der Waals surface area contributed by atoms with Crippen LogP contribution in [0.2, 0.25) is 0 Å². The van der Waals surface area contributed by atoms with Crippen molar-refractivity contribution in [2.75, 3.05) is 0 Å². The zero-order valence-electron chi connectivity index (χ0n) is 12.3. The third-order valence-electron chi connectivity index (χ3n) is 2.84. The molecule has 1 rings (SSSR count). The first kappa shape index (κ1) is 15.2. The molecule has 1 heterocycles. The molecule has 18 heavy (non-hydrogen) atoms. The van der Waals surface area contributed by atoms with Gasteiger partial charge in [-0.05, 0) is 27.2 Å². The van der Waals surface area contributed by atoms with Gasteiger partial charge in [0.15, 0.2) is 0 Å². The number of rotatable bonds is 5. The highest BCUT2D eigenvalue weighted by Gasteiger charge is 2.23. The number of aryl methyl sites for hydroxylation is 1. The third kappa shape index (κ3) is 3.80. The lowest BCUT2D eigenvalue weighted by Crippen LogP contribution is -2.43. The number of carbonyl (C=O) groups excluding carboxylic acids is 1. The van der Waals surface area contributed by atoms with Crippen molar-refractivity contribution < 1.29 is 4.79 Å². The molecule has 1 N–H and O–H groups in total. The molecule has 0 bridgehead atoms. The number of thiazole rings is 1.